The molecule has 0 spiro atoms. The fraction of sp³-hybridized carbons (Fsp3) is 0.700. The molecule has 2 aliphatic rings. The Morgan fingerprint density at radius 1 is 1.46 bits per heavy atom. The van der Waals surface area contributed by atoms with Crippen LogP contribution in [0.4, 0.5) is 0 Å². The van der Waals surface area contributed by atoms with E-state index in [0.29, 0.717) is 0 Å². The van der Waals surface area contributed by atoms with Crippen molar-refractivity contribution in [1.82, 2.24) is 15.1 Å². The van der Waals surface area contributed by atoms with Crippen molar-refractivity contribution in [2.75, 3.05) is 6.54 Å². The Morgan fingerprint density at radius 2 is 2.31 bits per heavy atom. The molecule has 0 bridgehead atoms. The maximum atomic E-state index is 4.57. The molecule has 0 atom stereocenters. The Labute approximate surface area is 78.1 Å². The number of hydrogen-bond acceptors (Lipinski definition) is 2. The number of aryl methyl sites for hydroxylation is 1. The molecule has 2 heterocycles. The van der Waals surface area contributed by atoms with Gasteiger partial charge in [0.15, 0.2) is 0 Å². The van der Waals surface area contributed by atoms with Gasteiger partial charge in [0.2, 0.25) is 0 Å². The molecule has 3 rings (SSSR count). The predicted molar refractivity (Wildman–Crippen MR) is 50.6 cm³/mol. The molecule has 1 fully saturated rings. The highest BCUT2D eigenvalue weighted by molar-refractivity contribution is 5.33. The molecule has 3 heteroatoms. The lowest BCUT2D eigenvalue weighted by Crippen LogP contribution is -2.23. The standard InChI is InChI=1S/C10H15N3/c1-13-10(7-2-3-7)8-4-5-11-6-9(8)12-13/h7,11H,2-6H2,1H3. The van der Waals surface area contributed by atoms with Gasteiger partial charge in [-0.15, -0.1) is 0 Å². The molecule has 0 saturated heterocycles. The van der Waals surface area contributed by atoms with Gasteiger partial charge in [0.1, 0.15) is 0 Å². The fourth-order valence-electron chi connectivity index (χ4n) is 2.34. The van der Waals surface area contributed by atoms with Crippen LogP contribution < -0.4 is 5.32 Å². The van der Waals surface area contributed by atoms with E-state index in [2.05, 4.69) is 22.1 Å². The van der Waals surface area contributed by atoms with Gasteiger partial charge in [0, 0.05) is 25.2 Å². The van der Waals surface area contributed by atoms with E-state index < -0.39 is 0 Å². The zero-order valence-corrected chi connectivity index (χ0v) is 8.01. The maximum absolute atomic E-state index is 4.57. The van der Waals surface area contributed by atoms with Crippen LogP contribution >= 0.6 is 0 Å². The minimum Gasteiger partial charge on any atom is -0.311 e. The van der Waals surface area contributed by atoms with Gasteiger partial charge in [0.25, 0.3) is 0 Å². The van der Waals surface area contributed by atoms with Crippen molar-refractivity contribution >= 4 is 0 Å². The highest BCUT2D eigenvalue weighted by Crippen LogP contribution is 2.42. The largest absolute Gasteiger partial charge is 0.311 e. The molecule has 3 nitrogen and oxygen atoms in total. The Hall–Kier alpha value is -0.830. The SMILES string of the molecule is Cn1nc2c(c1C1CC1)CCNC2. The Bertz CT molecular complexity index is 336. The van der Waals surface area contributed by atoms with Crippen molar-refractivity contribution in [1.29, 1.82) is 0 Å². The Balaban J connectivity index is 2.10. The van der Waals surface area contributed by atoms with Crippen LogP contribution in [0.3, 0.4) is 0 Å². The van der Waals surface area contributed by atoms with Crippen LogP contribution in [0.1, 0.15) is 35.7 Å². The molecule has 0 radical (unpaired) electrons. The number of hydrogen-bond donors (Lipinski definition) is 1. The van der Waals surface area contributed by atoms with E-state index in [1.54, 1.807) is 5.56 Å². The molecule has 1 saturated carbocycles. The Kier molecular flexibility index (Phi) is 1.50. The van der Waals surface area contributed by atoms with E-state index in [0.717, 1.165) is 19.0 Å². The van der Waals surface area contributed by atoms with Crippen LogP contribution in [0, 0.1) is 0 Å². The number of nitrogens with one attached hydrogen (secondary N) is 1. The second-order valence-corrected chi connectivity index (χ2v) is 4.14. The first kappa shape index (κ1) is 7.56. The van der Waals surface area contributed by atoms with E-state index in [4.69, 9.17) is 0 Å². The van der Waals surface area contributed by atoms with Crippen molar-refractivity contribution in [3.05, 3.63) is 17.0 Å². The van der Waals surface area contributed by atoms with E-state index >= 15 is 0 Å². The maximum Gasteiger partial charge on any atom is 0.0797 e. The van der Waals surface area contributed by atoms with Crippen LogP contribution in [0.2, 0.25) is 0 Å². The lowest BCUT2D eigenvalue weighted by molar-refractivity contribution is 0.625. The minimum atomic E-state index is 0.833. The Morgan fingerprint density at radius 3 is 3.08 bits per heavy atom. The predicted octanol–water partition coefficient (Wildman–Crippen LogP) is 0.943. The lowest BCUT2D eigenvalue weighted by atomic mass is 10.0. The quantitative estimate of drug-likeness (QED) is 0.692. The summed E-state index contributed by atoms with van der Waals surface area (Å²) in [6.07, 6.45) is 3.92. The molecule has 70 valence electrons. The summed E-state index contributed by atoms with van der Waals surface area (Å²) in [5, 5.41) is 7.93. The number of aromatic nitrogens is 2. The van der Waals surface area contributed by atoms with Crippen molar-refractivity contribution in [3.8, 4) is 0 Å². The normalized spacial score (nSPS) is 21.6. The molecule has 1 aromatic heterocycles. The number of fused-ring (bicyclic) bond motifs is 1. The van der Waals surface area contributed by atoms with Crippen LogP contribution in [0.5, 0.6) is 0 Å². The first-order valence-corrected chi connectivity index (χ1v) is 5.11. The number of rotatable bonds is 1. The average Bonchev–Trinajstić information content (AvgIpc) is 2.88. The molecule has 1 aliphatic heterocycles. The van der Waals surface area contributed by atoms with Gasteiger partial charge in [0.05, 0.1) is 5.69 Å². The van der Waals surface area contributed by atoms with E-state index in [1.807, 2.05) is 0 Å². The van der Waals surface area contributed by atoms with Crippen LogP contribution in [-0.2, 0) is 20.0 Å². The summed E-state index contributed by atoms with van der Waals surface area (Å²) in [6.45, 7) is 2.09. The summed E-state index contributed by atoms with van der Waals surface area (Å²) in [4.78, 5) is 0. The molecule has 1 aromatic rings. The van der Waals surface area contributed by atoms with E-state index in [9.17, 15) is 0 Å². The van der Waals surface area contributed by atoms with Gasteiger partial charge in [-0.3, -0.25) is 4.68 Å². The average molecular weight is 177 g/mol. The van der Waals surface area contributed by atoms with Crippen molar-refractivity contribution in [2.45, 2.75) is 31.7 Å². The zero-order valence-electron chi connectivity index (χ0n) is 8.01. The summed E-state index contributed by atoms with van der Waals surface area (Å²) < 4.78 is 2.11. The third-order valence-electron chi connectivity index (χ3n) is 3.09. The highest BCUT2D eigenvalue weighted by Gasteiger charge is 2.31. The van der Waals surface area contributed by atoms with Gasteiger partial charge in [-0.1, -0.05) is 0 Å². The van der Waals surface area contributed by atoms with Crippen molar-refractivity contribution in [2.24, 2.45) is 7.05 Å². The summed E-state index contributed by atoms with van der Waals surface area (Å²) in [6, 6.07) is 0. The molecule has 0 amide bonds. The zero-order chi connectivity index (χ0) is 8.84. The summed E-state index contributed by atoms with van der Waals surface area (Å²) in [5.74, 6) is 0.833. The van der Waals surface area contributed by atoms with E-state index in [1.165, 1.54) is 30.7 Å². The van der Waals surface area contributed by atoms with Crippen molar-refractivity contribution < 1.29 is 0 Å². The summed E-state index contributed by atoms with van der Waals surface area (Å²) >= 11 is 0. The van der Waals surface area contributed by atoms with Gasteiger partial charge >= 0.3 is 0 Å². The first-order valence-electron chi connectivity index (χ1n) is 5.11. The second-order valence-electron chi connectivity index (χ2n) is 4.14. The highest BCUT2D eigenvalue weighted by atomic mass is 15.3. The fourth-order valence-corrected chi connectivity index (χ4v) is 2.34. The topological polar surface area (TPSA) is 29.9 Å². The second kappa shape index (κ2) is 2.58. The monoisotopic (exact) mass is 177 g/mol. The first-order chi connectivity index (χ1) is 6.36. The lowest BCUT2D eigenvalue weighted by Gasteiger charge is -2.12. The van der Waals surface area contributed by atoms with Crippen LogP contribution in [0.15, 0.2) is 0 Å². The summed E-state index contributed by atoms with van der Waals surface area (Å²) in [7, 11) is 2.09. The van der Waals surface area contributed by atoms with E-state index in [-0.39, 0.29) is 0 Å². The van der Waals surface area contributed by atoms with Crippen LogP contribution in [-0.4, -0.2) is 16.3 Å². The minimum absolute atomic E-state index is 0.833. The molecule has 0 unspecified atom stereocenters. The van der Waals surface area contributed by atoms with Gasteiger partial charge < -0.3 is 5.32 Å². The molecule has 1 N–H and O–H groups in total. The number of nitrogens with zero attached hydrogens (tertiary/aromatic N) is 2. The molecular weight excluding hydrogens is 162 g/mol. The van der Waals surface area contributed by atoms with Crippen molar-refractivity contribution in [3.63, 3.8) is 0 Å². The van der Waals surface area contributed by atoms with Gasteiger partial charge in [-0.25, -0.2) is 0 Å². The molecular formula is C10H15N3. The third kappa shape index (κ3) is 1.10. The molecule has 0 aromatic carbocycles. The molecule has 13 heavy (non-hydrogen) atoms. The van der Waals surface area contributed by atoms with Crippen LogP contribution in [0.25, 0.3) is 0 Å². The summed E-state index contributed by atoms with van der Waals surface area (Å²) in [5.41, 5.74) is 4.36. The third-order valence-corrected chi connectivity index (χ3v) is 3.09. The van der Waals surface area contributed by atoms with Gasteiger partial charge in [-0.2, -0.15) is 5.10 Å². The molecule has 1 aliphatic carbocycles. The van der Waals surface area contributed by atoms with Gasteiger partial charge in [-0.05, 0) is 31.4 Å². The smallest absolute Gasteiger partial charge is 0.0797 e.